The number of carbonyl (C=O) groups is 1. The third kappa shape index (κ3) is 2.49. The van der Waals surface area contributed by atoms with Gasteiger partial charge in [0.15, 0.2) is 0 Å². The van der Waals surface area contributed by atoms with Crippen molar-refractivity contribution < 1.29 is 4.79 Å². The average molecular weight is 287 g/mol. The van der Waals surface area contributed by atoms with E-state index in [1.54, 1.807) is 18.2 Å². The van der Waals surface area contributed by atoms with Crippen LogP contribution in [0.4, 0.5) is 11.4 Å². The standard InChI is InChI=1S/C16H15ClN2O/c17-15-7-5-12(18)9-14(15)16(20)19-13-6-4-10-2-1-3-11(10)8-13/h4-9H,1-3,18H2,(H,19,20). The van der Waals surface area contributed by atoms with Gasteiger partial charge in [0.1, 0.15) is 0 Å². The molecule has 0 saturated heterocycles. The number of fused-ring (bicyclic) bond motifs is 1. The van der Waals surface area contributed by atoms with E-state index in [9.17, 15) is 4.79 Å². The van der Waals surface area contributed by atoms with Crippen LogP contribution in [0.1, 0.15) is 27.9 Å². The lowest BCUT2D eigenvalue weighted by Crippen LogP contribution is -2.13. The molecule has 2 aromatic carbocycles. The molecule has 0 saturated carbocycles. The summed E-state index contributed by atoms with van der Waals surface area (Å²) < 4.78 is 0. The number of aryl methyl sites for hydroxylation is 2. The molecular weight excluding hydrogens is 272 g/mol. The Balaban J connectivity index is 1.84. The fourth-order valence-corrected chi connectivity index (χ4v) is 2.77. The summed E-state index contributed by atoms with van der Waals surface area (Å²) in [7, 11) is 0. The van der Waals surface area contributed by atoms with Crippen LogP contribution in [-0.4, -0.2) is 5.91 Å². The minimum absolute atomic E-state index is 0.236. The smallest absolute Gasteiger partial charge is 0.257 e. The maximum absolute atomic E-state index is 12.2. The molecule has 20 heavy (non-hydrogen) atoms. The van der Waals surface area contributed by atoms with Crippen molar-refractivity contribution in [2.24, 2.45) is 0 Å². The molecule has 102 valence electrons. The summed E-state index contributed by atoms with van der Waals surface area (Å²) in [6.45, 7) is 0. The zero-order chi connectivity index (χ0) is 14.1. The lowest BCUT2D eigenvalue weighted by molar-refractivity contribution is 0.102. The Morgan fingerprint density at radius 3 is 2.75 bits per heavy atom. The van der Waals surface area contributed by atoms with Crippen molar-refractivity contribution in [3.63, 3.8) is 0 Å². The van der Waals surface area contributed by atoms with Crippen LogP contribution in [-0.2, 0) is 12.8 Å². The molecule has 0 spiro atoms. The minimum Gasteiger partial charge on any atom is -0.399 e. The first kappa shape index (κ1) is 13.0. The van der Waals surface area contributed by atoms with Crippen molar-refractivity contribution in [1.82, 2.24) is 0 Å². The van der Waals surface area contributed by atoms with Gasteiger partial charge in [-0.25, -0.2) is 0 Å². The molecule has 1 amide bonds. The number of anilines is 2. The molecule has 1 aliphatic carbocycles. The van der Waals surface area contributed by atoms with Crippen LogP contribution < -0.4 is 11.1 Å². The summed E-state index contributed by atoms with van der Waals surface area (Å²) in [6, 6.07) is 11.0. The van der Waals surface area contributed by atoms with Gasteiger partial charge < -0.3 is 11.1 Å². The predicted octanol–water partition coefficient (Wildman–Crippen LogP) is 3.66. The van der Waals surface area contributed by atoms with Crippen LogP contribution in [0.2, 0.25) is 5.02 Å². The number of hydrogen-bond donors (Lipinski definition) is 2. The van der Waals surface area contributed by atoms with Gasteiger partial charge in [0, 0.05) is 11.4 Å². The van der Waals surface area contributed by atoms with Crippen LogP contribution in [0, 0.1) is 0 Å². The van der Waals surface area contributed by atoms with E-state index in [1.165, 1.54) is 17.5 Å². The fraction of sp³-hybridized carbons (Fsp3) is 0.188. The number of nitrogens with one attached hydrogen (secondary N) is 1. The van der Waals surface area contributed by atoms with Gasteiger partial charge >= 0.3 is 0 Å². The number of amides is 1. The molecule has 0 atom stereocenters. The summed E-state index contributed by atoms with van der Waals surface area (Å²) in [5.74, 6) is -0.236. The first-order valence-electron chi connectivity index (χ1n) is 6.61. The van der Waals surface area contributed by atoms with Gasteiger partial charge in [0.2, 0.25) is 0 Å². The van der Waals surface area contributed by atoms with Gasteiger partial charge in [-0.2, -0.15) is 0 Å². The molecule has 2 aromatic rings. The third-order valence-corrected chi connectivity index (χ3v) is 3.92. The number of carbonyl (C=O) groups excluding carboxylic acids is 1. The Morgan fingerprint density at radius 2 is 1.90 bits per heavy atom. The molecule has 3 N–H and O–H groups in total. The fourth-order valence-electron chi connectivity index (χ4n) is 2.56. The van der Waals surface area contributed by atoms with Crippen molar-refractivity contribution in [1.29, 1.82) is 0 Å². The molecule has 4 heteroatoms. The zero-order valence-electron chi connectivity index (χ0n) is 10.9. The maximum Gasteiger partial charge on any atom is 0.257 e. The van der Waals surface area contributed by atoms with Crippen molar-refractivity contribution >= 4 is 28.9 Å². The van der Waals surface area contributed by atoms with Gasteiger partial charge in [0.25, 0.3) is 5.91 Å². The minimum atomic E-state index is -0.236. The average Bonchev–Trinajstić information content (AvgIpc) is 2.89. The molecule has 3 nitrogen and oxygen atoms in total. The molecule has 3 rings (SSSR count). The zero-order valence-corrected chi connectivity index (χ0v) is 11.7. The highest BCUT2D eigenvalue weighted by Crippen LogP contribution is 2.26. The monoisotopic (exact) mass is 286 g/mol. The second-order valence-electron chi connectivity index (χ2n) is 5.03. The SMILES string of the molecule is Nc1ccc(Cl)c(C(=O)Nc2ccc3c(c2)CCC3)c1. The molecule has 1 aliphatic rings. The second-order valence-corrected chi connectivity index (χ2v) is 5.44. The Bertz CT molecular complexity index is 682. The lowest BCUT2D eigenvalue weighted by Gasteiger charge is -2.09. The number of nitrogens with two attached hydrogens (primary N) is 1. The molecule has 0 fully saturated rings. The van der Waals surface area contributed by atoms with E-state index in [-0.39, 0.29) is 5.91 Å². The van der Waals surface area contributed by atoms with Crippen LogP contribution in [0.5, 0.6) is 0 Å². The Labute approximate surface area is 122 Å². The topological polar surface area (TPSA) is 55.1 Å². The summed E-state index contributed by atoms with van der Waals surface area (Å²) in [4.78, 5) is 12.2. The van der Waals surface area contributed by atoms with Crippen LogP contribution >= 0.6 is 11.6 Å². The van der Waals surface area contributed by atoms with Crippen LogP contribution in [0.15, 0.2) is 36.4 Å². The van der Waals surface area contributed by atoms with Crippen LogP contribution in [0.3, 0.4) is 0 Å². The van der Waals surface area contributed by atoms with E-state index < -0.39 is 0 Å². The van der Waals surface area contributed by atoms with Crippen molar-refractivity contribution in [3.8, 4) is 0 Å². The van der Waals surface area contributed by atoms with Crippen molar-refractivity contribution in [3.05, 3.63) is 58.1 Å². The Morgan fingerprint density at radius 1 is 1.10 bits per heavy atom. The van der Waals surface area contributed by atoms with E-state index >= 15 is 0 Å². The Kier molecular flexibility index (Phi) is 3.36. The normalized spacial score (nSPS) is 13.1. The summed E-state index contributed by atoms with van der Waals surface area (Å²) in [5.41, 5.74) is 10.1. The molecular formula is C16H15ClN2O. The first-order chi connectivity index (χ1) is 9.63. The van der Waals surface area contributed by atoms with E-state index in [0.29, 0.717) is 16.3 Å². The van der Waals surface area contributed by atoms with Gasteiger partial charge in [-0.15, -0.1) is 0 Å². The largest absolute Gasteiger partial charge is 0.399 e. The molecule has 0 bridgehead atoms. The number of hydrogen-bond acceptors (Lipinski definition) is 2. The summed E-state index contributed by atoms with van der Waals surface area (Å²) in [6.07, 6.45) is 3.40. The number of halogens is 1. The number of benzene rings is 2. The summed E-state index contributed by atoms with van der Waals surface area (Å²) in [5, 5.41) is 3.28. The van der Waals surface area contributed by atoms with Gasteiger partial charge in [0.05, 0.1) is 10.6 Å². The Hall–Kier alpha value is -2.00. The van der Waals surface area contributed by atoms with Gasteiger partial charge in [-0.3, -0.25) is 4.79 Å². The highest BCUT2D eigenvalue weighted by atomic mass is 35.5. The van der Waals surface area contributed by atoms with Crippen molar-refractivity contribution in [2.75, 3.05) is 11.1 Å². The van der Waals surface area contributed by atoms with Crippen LogP contribution in [0.25, 0.3) is 0 Å². The van der Waals surface area contributed by atoms with E-state index in [0.717, 1.165) is 18.5 Å². The molecule has 0 aromatic heterocycles. The van der Waals surface area contributed by atoms with Gasteiger partial charge in [-0.1, -0.05) is 17.7 Å². The van der Waals surface area contributed by atoms with Gasteiger partial charge in [-0.05, 0) is 60.7 Å². The summed E-state index contributed by atoms with van der Waals surface area (Å²) >= 11 is 6.03. The van der Waals surface area contributed by atoms with E-state index in [1.807, 2.05) is 12.1 Å². The maximum atomic E-state index is 12.2. The number of nitrogen functional groups attached to an aromatic ring is 1. The third-order valence-electron chi connectivity index (χ3n) is 3.59. The predicted molar refractivity (Wildman–Crippen MR) is 82.3 cm³/mol. The number of rotatable bonds is 2. The van der Waals surface area contributed by atoms with Crippen molar-refractivity contribution in [2.45, 2.75) is 19.3 Å². The highest BCUT2D eigenvalue weighted by molar-refractivity contribution is 6.34. The van der Waals surface area contributed by atoms with E-state index in [4.69, 9.17) is 17.3 Å². The highest BCUT2D eigenvalue weighted by Gasteiger charge is 2.14. The molecule has 0 radical (unpaired) electrons. The molecule has 0 heterocycles. The first-order valence-corrected chi connectivity index (χ1v) is 6.99. The molecule has 0 aliphatic heterocycles. The molecule has 0 unspecified atom stereocenters. The lowest BCUT2D eigenvalue weighted by atomic mass is 10.1. The second kappa shape index (κ2) is 5.17. The van der Waals surface area contributed by atoms with E-state index in [2.05, 4.69) is 11.4 Å². The quantitative estimate of drug-likeness (QED) is 0.828.